The zero-order valence-electron chi connectivity index (χ0n) is 36.1. The van der Waals surface area contributed by atoms with Crippen LogP contribution in [-0.4, -0.2) is 95.4 Å². The lowest BCUT2D eigenvalue weighted by atomic mass is 9.74. The van der Waals surface area contributed by atoms with E-state index >= 15 is 0 Å². The molecule has 0 saturated heterocycles. The van der Waals surface area contributed by atoms with Crippen molar-refractivity contribution in [2.75, 3.05) is 21.1 Å². The van der Waals surface area contributed by atoms with Gasteiger partial charge in [0.2, 0.25) is 12.1 Å². The van der Waals surface area contributed by atoms with Crippen molar-refractivity contribution >= 4 is 35.2 Å². The van der Waals surface area contributed by atoms with Crippen molar-refractivity contribution in [2.45, 2.75) is 74.5 Å². The number of carbonyl (C=O) groups excluding carboxylic acids is 6. The molecule has 5 rings (SSSR count). The van der Waals surface area contributed by atoms with Gasteiger partial charge in [0.25, 0.3) is 0 Å². The fraction of sp³-hybridized carbons (Fsp3) is 0.294. The molecule has 0 amide bonds. The largest absolute Gasteiger partial charge is 0.377 e. The smallest absolute Gasteiger partial charge is 0.241 e. The third-order valence-electron chi connectivity index (χ3n) is 11.6. The van der Waals surface area contributed by atoms with E-state index in [1.807, 2.05) is 30.3 Å². The van der Waals surface area contributed by atoms with Gasteiger partial charge in [0.15, 0.2) is 34.3 Å². The van der Waals surface area contributed by atoms with Gasteiger partial charge in [0.05, 0.1) is 24.5 Å². The molecule has 63 heavy (non-hydrogen) atoms. The van der Waals surface area contributed by atoms with Crippen molar-refractivity contribution in [3.8, 4) is 0 Å². The molecule has 0 spiro atoms. The van der Waals surface area contributed by atoms with E-state index in [1.54, 1.807) is 79.8 Å². The first-order chi connectivity index (χ1) is 30.0. The first kappa shape index (κ1) is 47.9. The van der Waals surface area contributed by atoms with Crippen LogP contribution in [0.15, 0.2) is 133 Å². The van der Waals surface area contributed by atoms with Crippen LogP contribution in [0.1, 0.15) is 79.2 Å². The van der Waals surface area contributed by atoms with Gasteiger partial charge in [-0.05, 0) is 70.9 Å². The second-order valence-electron chi connectivity index (χ2n) is 16.0. The van der Waals surface area contributed by atoms with Crippen molar-refractivity contribution < 1.29 is 44.1 Å². The second-order valence-corrected chi connectivity index (χ2v) is 16.0. The highest BCUT2D eigenvalue weighted by atomic mass is 16.3. The van der Waals surface area contributed by atoms with Gasteiger partial charge in [-0.3, -0.25) is 28.8 Å². The SMILES string of the molecule is CN[C@@H](Cc1ccccc1)C(=O)CC(O)([C]=O)C(=O)C(C)(O)c1cccc(C(=O)C(C)(O)c2ccccc2C(=O)[C@H](Cc2ccccc2)NC)c1C(=O)[C@H](Cc1ccccc1)NC. The molecule has 0 heterocycles. The molecule has 1 radical (unpaired) electrons. The minimum absolute atomic E-state index is 0.0397. The number of hydrogen-bond acceptors (Lipinski definition) is 12. The molecule has 0 aliphatic carbocycles. The molecular formula is C51H54N3O9. The van der Waals surface area contributed by atoms with Gasteiger partial charge in [0.1, 0.15) is 5.60 Å². The zero-order chi connectivity index (χ0) is 46.0. The molecule has 0 fully saturated rings. The normalized spacial score (nSPS) is 15.7. The van der Waals surface area contributed by atoms with Gasteiger partial charge < -0.3 is 31.3 Å². The van der Waals surface area contributed by atoms with Gasteiger partial charge in [-0.2, -0.15) is 0 Å². The van der Waals surface area contributed by atoms with Crippen molar-refractivity contribution in [3.05, 3.63) is 178 Å². The summed E-state index contributed by atoms with van der Waals surface area (Å²) in [4.78, 5) is 84.8. The lowest BCUT2D eigenvalue weighted by Crippen LogP contribution is -2.54. The maximum absolute atomic E-state index is 15.0. The average molecular weight is 853 g/mol. The van der Waals surface area contributed by atoms with E-state index in [2.05, 4.69) is 16.0 Å². The zero-order valence-corrected chi connectivity index (χ0v) is 36.1. The Morgan fingerprint density at radius 1 is 0.524 bits per heavy atom. The van der Waals surface area contributed by atoms with Crippen LogP contribution in [0.3, 0.4) is 0 Å². The minimum atomic E-state index is -3.20. The average Bonchev–Trinajstić information content (AvgIpc) is 3.31. The van der Waals surface area contributed by atoms with E-state index in [9.17, 15) is 44.1 Å². The molecule has 0 aromatic heterocycles. The third-order valence-corrected chi connectivity index (χ3v) is 11.6. The summed E-state index contributed by atoms with van der Waals surface area (Å²) in [5.74, 6) is -4.55. The molecule has 12 heteroatoms. The topological polar surface area (TPSA) is 199 Å². The Hall–Kier alpha value is -6.12. The number of aliphatic hydroxyl groups is 3. The predicted molar refractivity (Wildman–Crippen MR) is 239 cm³/mol. The Bertz CT molecular complexity index is 2420. The predicted octanol–water partition coefficient (Wildman–Crippen LogP) is 4.21. The Morgan fingerprint density at radius 3 is 1.41 bits per heavy atom. The molecular weight excluding hydrogens is 799 g/mol. The number of nitrogens with one attached hydrogen (secondary N) is 3. The van der Waals surface area contributed by atoms with Crippen LogP contribution < -0.4 is 16.0 Å². The van der Waals surface area contributed by atoms with Crippen LogP contribution in [0.5, 0.6) is 0 Å². The third kappa shape index (κ3) is 10.7. The molecule has 0 aliphatic rings. The van der Waals surface area contributed by atoms with Gasteiger partial charge in [-0.15, -0.1) is 0 Å². The van der Waals surface area contributed by atoms with E-state index in [0.717, 1.165) is 23.6 Å². The number of carbonyl (C=O) groups is 5. The molecule has 3 unspecified atom stereocenters. The number of ketones is 5. The van der Waals surface area contributed by atoms with Crippen LogP contribution in [0, 0.1) is 0 Å². The van der Waals surface area contributed by atoms with Crippen molar-refractivity contribution in [1.82, 2.24) is 16.0 Å². The van der Waals surface area contributed by atoms with Gasteiger partial charge in [0, 0.05) is 27.8 Å². The Labute approximate surface area is 367 Å². The summed E-state index contributed by atoms with van der Waals surface area (Å²) in [7, 11) is 4.66. The highest BCUT2D eigenvalue weighted by Gasteiger charge is 2.52. The lowest BCUT2D eigenvalue weighted by Gasteiger charge is -2.33. The monoisotopic (exact) mass is 852 g/mol. The standard InChI is InChI=1S/C51H54N3O9/c1-49(61,38-26-16-15-24-36(38)45(57)41(53-4)29-34-20-11-7-12-21-34)47(59)37-25-17-27-39(44(37)46(58)42(54-5)30-35-22-13-8-14-23-35)50(2,62)48(60)51(63,32-55)31-43(56)40(52-3)28-33-18-9-6-10-19-33/h6-27,40-42,52-54,61-63H,28-31H2,1-5H3/t40-,41-,42-,49?,50?,51?/m0/s1. The molecule has 6 N–H and O–H groups in total. The Kier molecular flexibility index (Phi) is 15.8. The summed E-state index contributed by atoms with van der Waals surface area (Å²) in [6.45, 7) is 2.14. The van der Waals surface area contributed by atoms with Crippen molar-refractivity contribution in [1.29, 1.82) is 0 Å². The number of benzene rings is 5. The van der Waals surface area contributed by atoms with E-state index in [0.29, 0.717) is 6.42 Å². The molecule has 0 aliphatic heterocycles. The van der Waals surface area contributed by atoms with Crippen molar-refractivity contribution in [2.24, 2.45) is 0 Å². The highest BCUT2D eigenvalue weighted by Crippen LogP contribution is 2.37. The van der Waals surface area contributed by atoms with Crippen molar-refractivity contribution in [3.63, 3.8) is 0 Å². The summed E-state index contributed by atoms with van der Waals surface area (Å²) < 4.78 is 0. The molecule has 6 atom stereocenters. The van der Waals surface area contributed by atoms with Crippen LogP contribution in [-0.2, 0) is 44.8 Å². The number of likely N-dealkylation sites (N-methyl/N-ethyl adjacent to an activating group) is 3. The second kappa shape index (κ2) is 20.8. The lowest BCUT2D eigenvalue weighted by molar-refractivity contribution is -0.152. The molecule has 327 valence electrons. The van der Waals surface area contributed by atoms with Crippen LogP contribution >= 0.6 is 0 Å². The molecule has 12 nitrogen and oxygen atoms in total. The number of hydrogen-bond donors (Lipinski definition) is 6. The number of rotatable bonds is 23. The van der Waals surface area contributed by atoms with Crippen LogP contribution in [0.2, 0.25) is 0 Å². The molecule has 5 aromatic rings. The van der Waals surface area contributed by atoms with Crippen LogP contribution in [0.25, 0.3) is 0 Å². The van der Waals surface area contributed by atoms with Crippen LogP contribution in [0.4, 0.5) is 0 Å². The quantitative estimate of drug-likeness (QED) is 0.0405. The minimum Gasteiger partial charge on any atom is -0.377 e. The molecule has 0 bridgehead atoms. The first-order valence-corrected chi connectivity index (χ1v) is 20.7. The first-order valence-electron chi connectivity index (χ1n) is 20.7. The molecule has 0 saturated carbocycles. The maximum atomic E-state index is 15.0. The molecule has 5 aromatic carbocycles. The summed E-state index contributed by atoms with van der Waals surface area (Å²) in [5, 5.41) is 45.1. The maximum Gasteiger partial charge on any atom is 0.241 e. The fourth-order valence-electron chi connectivity index (χ4n) is 7.92. The van der Waals surface area contributed by atoms with E-state index in [1.165, 1.54) is 57.6 Å². The van der Waals surface area contributed by atoms with Gasteiger partial charge in [-0.1, -0.05) is 133 Å². The van der Waals surface area contributed by atoms with E-state index in [4.69, 9.17) is 0 Å². The fourth-order valence-corrected chi connectivity index (χ4v) is 7.92. The number of Topliss-reactive ketones (excluding diaryl/α,β-unsaturated/α-hetero) is 5. The Morgan fingerprint density at radius 2 is 0.937 bits per heavy atom. The summed E-state index contributed by atoms with van der Waals surface area (Å²) in [6.07, 6.45) is 0.748. The Balaban J connectivity index is 1.61. The van der Waals surface area contributed by atoms with E-state index in [-0.39, 0.29) is 24.0 Å². The summed E-state index contributed by atoms with van der Waals surface area (Å²) in [6, 6.07) is 34.2. The highest BCUT2D eigenvalue weighted by molar-refractivity contribution is 6.17. The van der Waals surface area contributed by atoms with E-state index < -0.39 is 87.0 Å². The van der Waals surface area contributed by atoms with Gasteiger partial charge in [-0.25, -0.2) is 0 Å². The summed E-state index contributed by atoms with van der Waals surface area (Å²) in [5.41, 5.74) is -7.65. The van der Waals surface area contributed by atoms with Gasteiger partial charge >= 0.3 is 0 Å². The summed E-state index contributed by atoms with van der Waals surface area (Å²) >= 11 is 0.